The zero-order valence-corrected chi connectivity index (χ0v) is 22.7. The van der Waals surface area contributed by atoms with Gasteiger partial charge in [-0.25, -0.2) is 16.8 Å². The molecule has 0 radical (unpaired) electrons. The minimum atomic E-state index is -3.98. The highest BCUT2D eigenvalue weighted by Crippen LogP contribution is 2.28. The normalized spacial score (nSPS) is 17.3. The van der Waals surface area contributed by atoms with Gasteiger partial charge in [0.1, 0.15) is 18.3 Å². The molecular formula is C23H25N3O8S3. The second-order valence-electron chi connectivity index (χ2n) is 8.35. The summed E-state index contributed by atoms with van der Waals surface area (Å²) >= 11 is 1.02. The van der Waals surface area contributed by atoms with Crippen molar-refractivity contribution in [2.75, 3.05) is 27.0 Å². The smallest absolute Gasteiger partial charge is 0.325 e. The summed E-state index contributed by atoms with van der Waals surface area (Å²) in [5.41, 5.74) is 0.489. The van der Waals surface area contributed by atoms with Gasteiger partial charge in [-0.15, -0.1) is 0 Å². The average Bonchev–Trinajstić information content (AvgIpc) is 3.49. The average molecular weight is 568 g/mol. The fourth-order valence-electron chi connectivity index (χ4n) is 4.04. The first kappa shape index (κ1) is 27.0. The van der Waals surface area contributed by atoms with Crippen LogP contribution in [0.2, 0.25) is 0 Å². The SMILES string of the molecule is COC(=O)Cn1c(=NC(=O)C2CCCN2S(=O)(=O)c2ccc(OC)cc2)sc2cc(S(C)(=O)=O)ccc21. The predicted molar refractivity (Wildman–Crippen MR) is 135 cm³/mol. The Morgan fingerprint density at radius 1 is 1.05 bits per heavy atom. The third-order valence-corrected chi connectivity index (χ3v) is 10.0. The van der Waals surface area contributed by atoms with Crippen LogP contribution in [0.4, 0.5) is 0 Å². The second-order valence-corrected chi connectivity index (χ2v) is 13.3. The molecule has 1 aromatic heterocycles. The third kappa shape index (κ3) is 5.46. The molecule has 37 heavy (non-hydrogen) atoms. The second kappa shape index (κ2) is 10.4. The Kier molecular flexibility index (Phi) is 7.55. The molecule has 0 spiro atoms. The molecule has 0 aliphatic carbocycles. The molecule has 198 valence electrons. The number of benzene rings is 2. The highest BCUT2D eigenvalue weighted by Gasteiger charge is 2.39. The van der Waals surface area contributed by atoms with Crippen molar-refractivity contribution < 1.29 is 35.9 Å². The lowest BCUT2D eigenvalue weighted by atomic mass is 10.2. The fourth-order valence-corrected chi connectivity index (χ4v) is 7.49. The molecule has 14 heteroatoms. The minimum absolute atomic E-state index is 0.0314. The maximum absolute atomic E-state index is 13.3. The lowest BCUT2D eigenvalue weighted by Gasteiger charge is -2.21. The zero-order valence-electron chi connectivity index (χ0n) is 20.3. The first-order valence-electron chi connectivity index (χ1n) is 11.1. The summed E-state index contributed by atoms with van der Waals surface area (Å²) in [4.78, 5) is 29.8. The first-order valence-corrected chi connectivity index (χ1v) is 15.2. The van der Waals surface area contributed by atoms with Gasteiger partial charge in [0.2, 0.25) is 10.0 Å². The van der Waals surface area contributed by atoms with Crippen molar-refractivity contribution in [1.29, 1.82) is 0 Å². The van der Waals surface area contributed by atoms with E-state index in [2.05, 4.69) is 4.99 Å². The summed E-state index contributed by atoms with van der Waals surface area (Å²) in [6.07, 6.45) is 1.85. The van der Waals surface area contributed by atoms with Gasteiger partial charge in [0.15, 0.2) is 14.6 Å². The topological polar surface area (TPSA) is 141 Å². The number of amides is 1. The van der Waals surface area contributed by atoms with Gasteiger partial charge >= 0.3 is 5.97 Å². The van der Waals surface area contributed by atoms with Crippen LogP contribution in [0.5, 0.6) is 5.75 Å². The van der Waals surface area contributed by atoms with E-state index in [1.165, 1.54) is 61.3 Å². The number of aromatic nitrogens is 1. The molecule has 1 aliphatic rings. The van der Waals surface area contributed by atoms with Gasteiger partial charge in [0, 0.05) is 12.8 Å². The number of carbonyl (C=O) groups is 2. The van der Waals surface area contributed by atoms with Crippen molar-refractivity contribution in [2.24, 2.45) is 4.99 Å². The van der Waals surface area contributed by atoms with Gasteiger partial charge in [0.05, 0.1) is 34.2 Å². The molecular weight excluding hydrogens is 542 g/mol. The highest BCUT2D eigenvalue weighted by atomic mass is 32.2. The van der Waals surface area contributed by atoms with E-state index >= 15 is 0 Å². The lowest BCUT2D eigenvalue weighted by molar-refractivity contribution is -0.141. The Bertz CT molecular complexity index is 1640. The number of hydrogen-bond acceptors (Lipinski definition) is 9. The van der Waals surface area contributed by atoms with E-state index in [1.807, 2.05) is 0 Å². The van der Waals surface area contributed by atoms with Crippen molar-refractivity contribution in [2.45, 2.75) is 35.2 Å². The number of fused-ring (bicyclic) bond motifs is 1. The van der Waals surface area contributed by atoms with Crippen LogP contribution in [0.15, 0.2) is 57.2 Å². The predicted octanol–water partition coefficient (Wildman–Crippen LogP) is 1.57. The molecule has 11 nitrogen and oxygen atoms in total. The van der Waals surface area contributed by atoms with E-state index < -0.39 is 37.8 Å². The van der Waals surface area contributed by atoms with Gasteiger partial charge in [-0.1, -0.05) is 11.3 Å². The van der Waals surface area contributed by atoms with Crippen molar-refractivity contribution >= 4 is 53.3 Å². The number of sulfonamides is 1. The molecule has 0 N–H and O–H groups in total. The molecule has 2 heterocycles. The Balaban J connectivity index is 1.75. The molecule has 2 aromatic carbocycles. The Morgan fingerprint density at radius 3 is 2.35 bits per heavy atom. The zero-order chi connectivity index (χ0) is 27.0. The van der Waals surface area contributed by atoms with Crippen LogP contribution in [-0.4, -0.2) is 70.6 Å². The molecule has 1 atom stereocenters. The summed E-state index contributed by atoms with van der Waals surface area (Å²) in [6, 6.07) is 9.26. The van der Waals surface area contributed by atoms with E-state index in [1.54, 1.807) is 0 Å². The molecule has 0 bridgehead atoms. The molecule has 3 aromatic rings. The third-order valence-electron chi connectivity index (χ3n) is 5.96. The number of methoxy groups -OCH3 is 2. The van der Waals surface area contributed by atoms with E-state index in [0.29, 0.717) is 22.4 Å². The van der Waals surface area contributed by atoms with Crippen LogP contribution < -0.4 is 9.54 Å². The van der Waals surface area contributed by atoms with Crippen LogP contribution in [0.25, 0.3) is 10.2 Å². The van der Waals surface area contributed by atoms with Crippen LogP contribution >= 0.6 is 11.3 Å². The number of thiazole rings is 1. The van der Waals surface area contributed by atoms with Crippen molar-refractivity contribution in [1.82, 2.24) is 8.87 Å². The van der Waals surface area contributed by atoms with Gasteiger partial charge in [-0.3, -0.25) is 9.59 Å². The number of ether oxygens (including phenoxy) is 2. The van der Waals surface area contributed by atoms with Gasteiger partial charge in [-0.05, 0) is 55.3 Å². The molecule has 1 saturated heterocycles. The minimum Gasteiger partial charge on any atom is -0.497 e. The molecule has 4 rings (SSSR count). The first-order chi connectivity index (χ1) is 17.5. The van der Waals surface area contributed by atoms with E-state index in [9.17, 15) is 26.4 Å². The largest absolute Gasteiger partial charge is 0.497 e. The Hall–Kier alpha value is -3.07. The highest BCUT2D eigenvalue weighted by molar-refractivity contribution is 7.90. The summed E-state index contributed by atoms with van der Waals surface area (Å²) in [5, 5.41) is 0. The number of nitrogens with zero attached hydrogens (tertiary/aromatic N) is 3. The molecule has 0 saturated carbocycles. The van der Waals surface area contributed by atoms with Gasteiger partial charge in [0.25, 0.3) is 5.91 Å². The number of hydrogen-bond donors (Lipinski definition) is 0. The molecule has 1 aliphatic heterocycles. The molecule has 1 fully saturated rings. The maximum atomic E-state index is 13.3. The van der Waals surface area contributed by atoms with Crippen LogP contribution in [0.3, 0.4) is 0 Å². The van der Waals surface area contributed by atoms with Crippen molar-refractivity contribution in [3.63, 3.8) is 0 Å². The van der Waals surface area contributed by atoms with E-state index in [0.717, 1.165) is 21.9 Å². The van der Waals surface area contributed by atoms with Crippen LogP contribution in [-0.2, 0) is 40.7 Å². The maximum Gasteiger partial charge on any atom is 0.325 e. The monoisotopic (exact) mass is 567 g/mol. The van der Waals surface area contributed by atoms with E-state index in [4.69, 9.17) is 9.47 Å². The number of sulfone groups is 1. The number of esters is 1. The van der Waals surface area contributed by atoms with Crippen molar-refractivity contribution in [3.05, 3.63) is 47.3 Å². The number of carbonyl (C=O) groups excluding carboxylic acids is 2. The standard InChI is InChI=1S/C23H25N3O8S3/c1-33-15-6-8-16(9-7-15)37(31,32)26-12-4-5-19(26)22(28)24-23-25(14-21(27)34-2)18-11-10-17(36(3,29)30)13-20(18)35-23/h6-11,13,19H,4-5,12,14H2,1-3H3. The number of rotatable bonds is 7. The summed E-state index contributed by atoms with van der Waals surface area (Å²) in [6.45, 7) is -0.105. The fraction of sp³-hybridized carbons (Fsp3) is 0.348. The van der Waals surface area contributed by atoms with Gasteiger partial charge in [-0.2, -0.15) is 9.30 Å². The molecule has 1 unspecified atom stereocenters. The van der Waals surface area contributed by atoms with Crippen LogP contribution in [0.1, 0.15) is 12.8 Å². The summed E-state index contributed by atoms with van der Waals surface area (Å²) < 4.78 is 63.5. The summed E-state index contributed by atoms with van der Waals surface area (Å²) in [7, 11) is -4.77. The molecule has 1 amide bonds. The summed E-state index contributed by atoms with van der Waals surface area (Å²) in [5.74, 6) is -0.768. The van der Waals surface area contributed by atoms with E-state index in [-0.39, 0.29) is 34.1 Å². The van der Waals surface area contributed by atoms with Crippen LogP contribution in [0, 0.1) is 0 Å². The van der Waals surface area contributed by atoms with Gasteiger partial charge < -0.3 is 14.0 Å². The Labute approximate surface area is 217 Å². The van der Waals surface area contributed by atoms with Crippen molar-refractivity contribution in [3.8, 4) is 5.75 Å². The quantitative estimate of drug-likeness (QED) is 0.392. The lowest BCUT2D eigenvalue weighted by Crippen LogP contribution is -2.40. The Morgan fingerprint density at radius 2 is 1.73 bits per heavy atom.